The summed E-state index contributed by atoms with van der Waals surface area (Å²) in [6.07, 6.45) is 0. The summed E-state index contributed by atoms with van der Waals surface area (Å²) in [5.74, 6) is 0.634. The van der Waals surface area contributed by atoms with Crippen LogP contribution in [0.2, 0.25) is 0 Å². The number of para-hydroxylation sites is 1. The highest BCUT2D eigenvalue weighted by Gasteiger charge is 2.20. The van der Waals surface area contributed by atoms with E-state index in [9.17, 15) is 0 Å². The Morgan fingerprint density at radius 3 is 1.72 bits per heavy atom. The highest BCUT2D eigenvalue weighted by molar-refractivity contribution is 6.23. The lowest BCUT2D eigenvalue weighted by atomic mass is 9.95. The van der Waals surface area contributed by atoms with Crippen LogP contribution in [0.4, 0.5) is 17.1 Å². The van der Waals surface area contributed by atoms with Crippen LogP contribution in [0.15, 0.2) is 191 Å². The maximum absolute atomic E-state index is 6.24. The molecular formula is C49H30N2O2. The van der Waals surface area contributed by atoms with Gasteiger partial charge in [0.1, 0.15) is 16.7 Å². The van der Waals surface area contributed by atoms with E-state index in [1.807, 2.05) is 48.5 Å². The Bertz CT molecular complexity index is 3160. The van der Waals surface area contributed by atoms with E-state index in [0.717, 1.165) is 71.8 Å². The molecule has 0 fully saturated rings. The molecule has 0 amide bonds. The first-order valence-corrected chi connectivity index (χ1v) is 17.9. The van der Waals surface area contributed by atoms with Crippen molar-refractivity contribution in [2.45, 2.75) is 0 Å². The molecule has 11 rings (SSSR count). The predicted molar refractivity (Wildman–Crippen MR) is 219 cm³/mol. The fourth-order valence-corrected chi connectivity index (χ4v) is 7.98. The molecule has 0 aliphatic rings. The Morgan fingerprint density at radius 2 is 0.906 bits per heavy atom. The zero-order valence-corrected chi connectivity index (χ0v) is 28.5. The standard InChI is InChI=1S/C49H30N2O2/c1-3-10-31(11-4-1)32-18-20-34(21-19-32)51(35-22-28-46-43(30-35)41-14-7-8-17-45(41)52-46)44-16-9-15-36-37-24-26-42-39(38(37)23-25-40(36)44)27-29-47-48(42)50-49(53-47)33-12-5-2-6-13-33/h1-30H. The molecule has 4 heteroatoms. The molecule has 0 saturated heterocycles. The Labute approximate surface area is 304 Å². The second-order valence-electron chi connectivity index (χ2n) is 13.5. The average Bonchev–Trinajstić information content (AvgIpc) is 3.84. The minimum absolute atomic E-state index is 0.634. The Hall–Kier alpha value is -7.17. The normalized spacial score (nSPS) is 11.8. The van der Waals surface area contributed by atoms with Gasteiger partial charge in [0.05, 0.1) is 5.69 Å². The van der Waals surface area contributed by atoms with E-state index in [2.05, 4.69) is 138 Å². The first-order valence-electron chi connectivity index (χ1n) is 17.9. The van der Waals surface area contributed by atoms with Crippen LogP contribution in [0.3, 0.4) is 0 Å². The number of benzene rings is 9. The molecule has 2 aromatic heterocycles. The molecule has 0 atom stereocenters. The second kappa shape index (κ2) is 11.7. The number of anilines is 3. The molecule has 0 saturated carbocycles. The van der Waals surface area contributed by atoms with Crippen LogP contribution in [0.25, 0.3) is 87.9 Å². The van der Waals surface area contributed by atoms with Crippen molar-refractivity contribution in [3.8, 4) is 22.6 Å². The maximum atomic E-state index is 6.24. The van der Waals surface area contributed by atoms with E-state index in [1.54, 1.807) is 0 Å². The third-order valence-electron chi connectivity index (χ3n) is 10.5. The average molecular weight is 679 g/mol. The van der Waals surface area contributed by atoms with Crippen molar-refractivity contribution in [3.05, 3.63) is 182 Å². The van der Waals surface area contributed by atoms with Gasteiger partial charge < -0.3 is 13.7 Å². The monoisotopic (exact) mass is 678 g/mol. The first-order chi connectivity index (χ1) is 26.3. The Kier molecular flexibility index (Phi) is 6.52. The lowest BCUT2D eigenvalue weighted by Gasteiger charge is -2.27. The van der Waals surface area contributed by atoms with Gasteiger partial charge in [0, 0.05) is 38.5 Å². The van der Waals surface area contributed by atoms with E-state index in [-0.39, 0.29) is 0 Å². The predicted octanol–water partition coefficient (Wildman–Crippen LogP) is 14.0. The third-order valence-corrected chi connectivity index (χ3v) is 10.5. The molecule has 0 spiro atoms. The Balaban J connectivity index is 1.10. The van der Waals surface area contributed by atoms with Gasteiger partial charge in [0.15, 0.2) is 5.58 Å². The smallest absolute Gasteiger partial charge is 0.227 e. The van der Waals surface area contributed by atoms with Gasteiger partial charge in [0.25, 0.3) is 0 Å². The molecule has 248 valence electrons. The minimum atomic E-state index is 0.634. The van der Waals surface area contributed by atoms with Crippen molar-refractivity contribution in [3.63, 3.8) is 0 Å². The summed E-state index contributed by atoms with van der Waals surface area (Å²) in [4.78, 5) is 7.34. The van der Waals surface area contributed by atoms with Gasteiger partial charge in [0.2, 0.25) is 5.89 Å². The summed E-state index contributed by atoms with van der Waals surface area (Å²) in [5.41, 5.74) is 10.0. The van der Waals surface area contributed by atoms with E-state index >= 15 is 0 Å². The summed E-state index contributed by atoms with van der Waals surface area (Å²) in [6.45, 7) is 0. The van der Waals surface area contributed by atoms with Gasteiger partial charge >= 0.3 is 0 Å². The third kappa shape index (κ3) is 4.73. The molecule has 0 aliphatic carbocycles. The highest BCUT2D eigenvalue weighted by atomic mass is 16.3. The fourth-order valence-electron chi connectivity index (χ4n) is 7.98. The molecular weight excluding hydrogens is 649 g/mol. The van der Waals surface area contributed by atoms with Crippen molar-refractivity contribution in [2.75, 3.05) is 4.90 Å². The van der Waals surface area contributed by atoms with Crippen LogP contribution in [0, 0.1) is 0 Å². The lowest BCUT2D eigenvalue weighted by molar-refractivity contribution is 0.620. The molecule has 11 aromatic rings. The van der Waals surface area contributed by atoms with Gasteiger partial charge in [-0.3, -0.25) is 0 Å². The number of hydrogen-bond donors (Lipinski definition) is 0. The number of fused-ring (bicyclic) bond motifs is 10. The number of oxazole rings is 1. The molecule has 53 heavy (non-hydrogen) atoms. The molecule has 4 nitrogen and oxygen atoms in total. The molecule has 0 aliphatic heterocycles. The van der Waals surface area contributed by atoms with E-state index in [4.69, 9.17) is 13.8 Å². The topological polar surface area (TPSA) is 42.4 Å². The first kappa shape index (κ1) is 29.5. The van der Waals surface area contributed by atoms with Gasteiger partial charge in [-0.25, -0.2) is 4.98 Å². The van der Waals surface area contributed by atoms with Crippen molar-refractivity contribution in [2.24, 2.45) is 0 Å². The molecule has 0 bridgehead atoms. The van der Waals surface area contributed by atoms with Crippen LogP contribution >= 0.6 is 0 Å². The summed E-state index contributed by atoms with van der Waals surface area (Å²) in [6, 6.07) is 64.1. The number of rotatable bonds is 5. The molecule has 2 heterocycles. The van der Waals surface area contributed by atoms with Crippen LogP contribution < -0.4 is 4.90 Å². The van der Waals surface area contributed by atoms with Gasteiger partial charge in [-0.05, 0) is 99.4 Å². The maximum Gasteiger partial charge on any atom is 0.227 e. The molecule has 0 N–H and O–H groups in total. The van der Waals surface area contributed by atoms with E-state index < -0.39 is 0 Å². The van der Waals surface area contributed by atoms with E-state index in [0.29, 0.717) is 5.89 Å². The number of nitrogens with zero attached hydrogens (tertiary/aromatic N) is 2. The quantitative estimate of drug-likeness (QED) is 0.170. The van der Waals surface area contributed by atoms with Crippen molar-refractivity contribution in [1.82, 2.24) is 4.98 Å². The number of furan rings is 1. The second-order valence-corrected chi connectivity index (χ2v) is 13.5. The SMILES string of the molecule is c1ccc(-c2ccc(N(c3ccc4oc5ccccc5c4c3)c3cccc4c3ccc3c4ccc4c3ccc3oc(-c5ccccc5)nc34)cc2)cc1. The fraction of sp³-hybridized carbons (Fsp3) is 0. The summed E-state index contributed by atoms with van der Waals surface area (Å²) < 4.78 is 12.5. The van der Waals surface area contributed by atoms with Crippen molar-refractivity contribution >= 4 is 82.4 Å². The van der Waals surface area contributed by atoms with Crippen LogP contribution in [-0.2, 0) is 0 Å². The van der Waals surface area contributed by atoms with Crippen molar-refractivity contribution in [1.29, 1.82) is 0 Å². The van der Waals surface area contributed by atoms with E-state index in [1.165, 1.54) is 27.3 Å². The Morgan fingerprint density at radius 1 is 0.340 bits per heavy atom. The molecule has 0 radical (unpaired) electrons. The highest BCUT2D eigenvalue weighted by Crippen LogP contribution is 2.44. The zero-order chi connectivity index (χ0) is 34.9. The number of hydrogen-bond acceptors (Lipinski definition) is 4. The molecule has 9 aromatic carbocycles. The largest absolute Gasteiger partial charge is 0.456 e. The number of aromatic nitrogens is 1. The molecule has 0 unspecified atom stereocenters. The van der Waals surface area contributed by atoms with Gasteiger partial charge in [-0.2, -0.15) is 0 Å². The zero-order valence-electron chi connectivity index (χ0n) is 28.5. The minimum Gasteiger partial charge on any atom is -0.456 e. The summed E-state index contributed by atoms with van der Waals surface area (Å²) in [5, 5.41) is 9.16. The summed E-state index contributed by atoms with van der Waals surface area (Å²) in [7, 11) is 0. The summed E-state index contributed by atoms with van der Waals surface area (Å²) >= 11 is 0. The van der Waals surface area contributed by atoms with Crippen LogP contribution in [-0.4, -0.2) is 4.98 Å². The lowest BCUT2D eigenvalue weighted by Crippen LogP contribution is -2.10. The van der Waals surface area contributed by atoms with Crippen molar-refractivity contribution < 1.29 is 8.83 Å². The van der Waals surface area contributed by atoms with Crippen LogP contribution in [0.1, 0.15) is 0 Å². The van der Waals surface area contributed by atoms with Gasteiger partial charge in [-0.1, -0.05) is 115 Å². The van der Waals surface area contributed by atoms with Gasteiger partial charge in [-0.15, -0.1) is 0 Å². The van der Waals surface area contributed by atoms with Crippen LogP contribution in [0.5, 0.6) is 0 Å².